The zero-order valence-corrected chi connectivity index (χ0v) is 5.14. The van der Waals surface area contributed by atoms with Gasteiger partial charge in [0, 0.05) is 0 Å². The number of carbonyl (C=O) groups excluding carboxylic acids is 1. The van der Waals surface area contributed by atoms with Crippen LogP contribution in [0.1, 0.15) is 13.8 Å². The Morgan fingerprint density at radius 2 is 2.00 bits per heavy atom. The van der Waals surface area contributed by atoms with E-state index in [4.69, 9.17) is 12.7 Å². The van der Waals surface area contributed by atoms with Crippen LogP contribution >= 0.6 is 0 Å². The third-order valence-corrected chi connectivity index (χ3v) is 1.02. The van der Waals surface area contributed by atoms with Gasteiger partial charge in [-0.1, -0.05) is 13.8 Å². The maximum atomic E-state index is 10.1. The largest absolute Gasteiger partial charge is 0.321 e. The Bertz CT molecular complexity index is 88.5. The summed E-state index contributed by atoms with van der Waals surface area (Å²) in [6.45, 7) is 10.2. The van der Waals surface area contributed by atoms with E-state index in [1.807, 2.05) is 13.8 Å². The Morgan fingerprint density at radius 3 is 2.00 bits per heavy atom. The van der Waals surface area contributed by atoms with Gasteiger partial charge in [-0.05, 0) is 5.92 Å². The van der Waals surface area contributed by atoms with Gasteiger partial charge in [0.25, 0.3) is 0 Å². The van der Waals surface area contributed by atoms with Gasteiger partial charge in [-0.2, -0.15) is 0 Å². The zero-order valence-electron chi connectivity index (χ0n) is 5.14. The molecule has 0 aromatic carbocycles. The summed E-state index contributed by atoms with van der Waals surface area (Å²) >= 11 is 0. The highest BCUT2D eigenvalue weighted by molar-refractivity contribution is 5.87. The Balaban J connectivity index is 3.64. The highest BCUT2D eigenvalue weighted by Crippen LogP contribution is 1.97. The molecule has 0 spiro atoms. The van der Waals surface area contributed by atoms with E-state index < -0.39 is 11.8 Å². The lowest BCUT2D eigenvalue weighted by molar-refractivity contribution is -0.116. The molecule has 3 radical (unpaired) electrons. The van der Waals surface area contributed by atoms with Gasteiger partial charge in [-0.25, -0.2) is 0 Å². The van der Waals surface area contributed by atoms with E-state index in [-0.39, 0.29) is 5.92 Å². The standard InChI is InChI=1S/C6H10NO/c1-4(2)6(7)5(3)8/h4,6H,7H2,1-2H3. The minimum Gasteiger partial charge on any atom is -0.321 e. The van der Waals surface area contributed by atoms with Crippen LogP contribution in [0, 0.1) is 12.8 Å². The Morgan fingerprint density at radius 1 is 1.62 bits per heavy atom. The summed E-state index contributed by atoms with van der Waals surface area (Å²) in [7, 11) is 0. The van der Waals surface area contributed by atoms with E-state index in [2.05, 4.69) is 0 Å². The van der Waals surface area contributed by atoms with Crippen molar-refractivity contribution >= 4 is 5.78 Å². The van der Waals surface area contributed by atoms with Crippen molar-refractivity contribution in [3.05, 3.63) is 6.92 Å². The van der Waals surface area contributed by atoms with E-state index in [1.54, 1.807) is 0 Å². The van der Waals surface area contributed by atoms with Crippen LogP contribution in [0.5, 0.6) is 0 Å². The first-order valence-electron chi connectivity index (χ1n) is 2.56. The normalized spacial score (nSPS) is 14.1. The summed E-state index contributed by atoms with van der Waals surface area (Å²) in [4.78, 5) is 10.1. The molecule has 0 bridgehead atoms. The third-order valence-electron chi connectivity index (χ3n) is 1.02. The van der Waals surface area contributed by atoms with Gasteiger partial charge in [0.15, 0.2) is 5.78 Å². The van der Waals surface area contributed by atoms with E-state index in [1.165, 1.54) is 0 Å². The molecule has 0 aliphatic rings. The van der Waals surface area contributed by atoms with E-state index in [0.29, 0.717) is 0 Å². The molecule has 8 heavy (non-hydrogen) atoms. The van der Waals surface area contributed by atoms with Crippen LogP contribution in [0.25, 0.3) is 0 Å². The summed E-state index contributed by atoms with van der Waals surface area (Å²) in [6.07, 6.45) is 0. The summed E-state index contributed by atoms with van der Waals surface area (Å²) in [5, 5.41) is 0. The summed E-state index contributed by atoms with van der Waals surface area (Å²) in [6, 6.07) is -0.602. The molecule has 0 heterocycles. The first-order chi connectivity index (χ1) is 3.55. The van der Waals surface area contributed by atoms with Gasteiger partial charge >= 0.3 is 0 Å². The van der Waals surface area contributed by atoms with Crippen molar-refractivity contribution in [1.29, 1.82) is 0 Å². The van der Waals surface area contributed by atoms with Gasteiger partial charge in [0.2, 0.25) is 0 Å². The molecule has 0 fully saturated rings. The minimum atomic E-state index is -0.681. The second-order valence-electron chi connectivity index (χ2n) is 2.13. The van der Waals surface area contributed by atoms with Crippen LogP contribution in [-0.2, 0) is 4.79 Å². The van der Waals surface area contributed by atoms with Gasteiger partial charge in [0.05, 0.1) is 13.0 Å². The molecular formula is C6H10NO. The molecule has 0 rings (SSSR count). The van der Waals surface area contributed by atoms with Crippen LogP contribution in [0.3, 0.4) is 0 Å². The molecule has 1 atom stereocenters. The zero-order chi connectivity index (χ0) is 6.73. The van der Waals surface area contributed by atoms with Crippen molar-refractivity contribution in [3.63, 3.8) is 0 Å². The monoisotopic (exact) mass is 112 g/mol. The Hall–Kier alpha value is -0.370. The summed E-state index contributed by atoms with van der Waals surface area (Å²) in [5.41, 5.74) is 5.22. The fourth-order valence-electron chi connectivity index (χ4n) is 0.303. The average Bonchev–Trinajstić information content (AvgIpc) is 1.64. The van der Waals surface area contributed by atoms with Gasteiger partial charge in [-0.3, -0.25) is 4.79 Å². The van der Waals surface area contributed by atoms with Crippen LogP contribution < -0.4 is 5.73 Å². The van der Waals surface area contributed by atoms with E-state index >= 15 is 0 Å². The summed E-state index contributed by atoms with van der Waals surface area (Å²) < 4.78 is 0. The predicted octanol–water partition coefficient (Wildman–Crippen LogP) is 0.127. The molecule has 45 valence electrons. The fraction of sp³-hybridized carbons (Fsp3) is 0.667. The highest BCUT2D eigenvalue weighted by atomic mass is 16.1. The quantitative estimate of drug-likeness (QED) is 0.551. The summed E-state index contributed by atoms with van der Waals surface area (Å²) in [5.74, 6) is -0.597. The number of hydrogen-bond acceptors (Lipinski definition) is 2. The number of ketones is 1. The number of hydrogen-bond donors (Lipinski definition) is 1. The highest BCUT2D eigenvalue weighted by Gasteiger charge is 2.11. The molecule has 2 nitrogen and oxygen atoms in total. The topological polar surface area (TPSA) is 43.1 Å². The molecule has 0 amide bonds. The van der Waals surface area contributed by atoms with E-state index in [9.17, 15) is 4.79 Å². The van der Waals surface area contributed by atoms with Gasteiger partial charge in [0.1, 0.15) is 0 Å². The van der Waals surface area contributed by atoms with Crippen LogP contribution in [0.2, 0.25) is 0 Å². The van der Waals surface area contributed by atoms with Crippen molar-refractivity contribution in [2.24, 2.45) is 11.7 Å². The van der Waals surface area contributed by atoms with Gasteiger partial charge < -0.3 is 5.73 Å². The van der Waals surface area contributed by atoms with Crippen molar-refractivity contribution < 1.29 is 4.79 Å². The van der Waals surface area contributed by atoms with Crippen LogP contribution in [0.4, 0.5) is 0 Å². The maximum absolute atomic E-state index is 10.1. The van der Waals surface area contributed by atoms with Crippen molar-refractivity contribution in [2.45, 2.75) is 19.9 Å². The molecule has 0 saturated heterocycles. The fourth-order valence-corrected chi connectivity index (χ4v) is 0.303. The molecular weight excluding hydrogens is 102 g/mol. The smallest absolute Gasteiger partial charge is 0.159 e. The number of nitrogens with two attached hydrogens (primary N) is 1. The molecule has 0 aliphatic carbocycles. The molecule has 2 N–H and O–H groups in total. The SMILES string of the molecule is [C]C(=O)C(N)C(C)C. The molecule has 0 saturated carbocycles. The van der Waals surface area contributed by atoms with Gasteiger partial charge in [-0.15, -0.1) is 0 Å². The molecule has 0 aromatic rings. The molecule has 2 heteroatoms. The van der Waals surface area contributed by atoms with Crippen molar-refractivity contribution in [3.8, 4) is 0 Å². The third kappa shape index (κ3) is 2.07. The van der Waals surface area contributed by atoms with E-state index in [0.717, 1.165) is 0 Å². The Labute approximate surface area is 50.1 Å². The maximum Gasteiger partial charge on any atom is 0.159 e. The first-order valence-corrected chi connectivity index (χ1v) is 2.56. The number of rotatable bonds is 2. The first kappa shape index (κ1) is 7.63. The number of Topliss-reactive ketones (excluding diaryl/α,β-unsaturated/α-hetero) is 1. The molecule has 1 unspecified atom stereocenters. The van der Waals surface area contributed by atoms with Crippen molar-refractivity contribution in [1.82, 2.24) is 0 Å². The number of carbonyl (C=O) groups is 1. The lowest BCUT2D eigenvalue weighted by atomic mass is 10.0. The van der Waals surface area contributed by atoms with Crippen molar-refractivity contribution in [2.75, 3.05) is 0 Å². The predicted molar refractivity (Wildman–Crippen MR) is 31.1 cm³/mol. The lowest BCUT2D eigenvalue weighted by Gasteiger charge is -2.09. The second kappa shape index (κ2) is 2.82. The average molecular weight is 112 g/mol. The second-order valence-corrected chi connectivity index (χ2v) is 2.13. The molecule has 0 aliphatic heterocycles. The lowest BCUT2D eigenvalue weighted by Crippen LogP contribution is -2.33. The van der Waals surface area contributed by atoms with Crippen LogP contribution in [-0.4, -0.2) is 11.8 Å². The van der Waals surface area contributed by atoms with Crippen LogP contribution in [0.15, 0.2) is 0 Å². The molecule has 0 aromatic heterocycles. The minimum absolute atomic E-state index is 0.0833. The Kier molecular flexibility index (Phi) is 2.69.